The third-order valence-corrected chi connectivity index (χ3v) is 2.96. The minimum atomic E-state index is -0.343. The average Bonchev–Trinajstić information content (AvgIpc) is 2.25. The highest BCUT2D eigenvalue weighted by molar-refractivity contribution is 5.83. The van der Waals surface area contributed by atoms with E-state index in [1.165, 1.54) is 11.8 Å². The van der Waals surface area contributed by atoms with Crippen LogP contribution in [0.15, 0.2) is 0 Å². The summed E-state index contributed by atoms with van der Waals surface area (Å²) in [6.45, 7) is 5.96. The topological polar surface area (TPSA) is 75.4 Å². The van der Waals surface area contributed by atoms with Crippen molar-refractivity contribution in [3.8, 4) is 0 Å². The summed E-state index contributed by atoms with van der Waals surface area (Å²) in [4.78, 5) is 23.8. The Hall–Kier alpha value is -1.10. The van der Waals surface area contributed by atoms with Gasteiger partial charge in [0.05, 0.1) is 6.54 Å². The predicted octanol–water partition coefficient (Wildman–Crippen LogP) is 0.0984. The number of rotatable bonds is 6. The van der Waals surface area contributed by atoms with Crippen LogP contribution in [0, 0.1) is 0 Å². The van der Waals surface area contributed by atoms with Crippen molar-refractivity contribution in [2.24, 2.45) is 5.73 Å². The first-order chi connectivity index (χ1) is 7.34. The maximum Gasteiger partial charge on any atom is 0.239 e. The molecular weight excluding hydrogens is 206 g/mol. The molecular formula is C11H23N3O2. The van der Waals surface area contributed by atoms with Gasteiger partial charge in [-0.1, -0.05) is 13.8 Å². The van der Waals surface area contributed by atoms with Crippen molar-refractivity contribution in [3.63, 3.8) is 0 Å². The highest BCUT2D eigenvalue weighted by Crippen LogP contribution is 2.08. The molecule has 5 nitrogen and oxygen atoms in total. The number of carbonyl (C=O) groups is 2. The maximum atomic E-state index is 11.5. The maximum absolute atomic E-state index is 11.5. The lowest BCUT2D eigenvalue weighted by Crippen LogP contribution is -2.50. The third kappa shape index (κ3) is 5.11. The minimum Gasteiger partial charge on any atom is -0.353 e. The Balaban J connectivity index is 4.03. The summed E-state index contributed by atoms with van der Waals surface area (Å²) in [5.41, 5.74) is 5.70. The second kappa shape index (κ2) is 6.48. The molecule has 0 rings (SSSR count). The van der Waals surface area contributed by atoms with Crippen molar-refractivity contribution in [2.75, 3.05) is 20.1 Å². The van der Waals surface area contributed by atoms with Crippen LogP contribution in [0.25, 0.3) is 0 Å². The van der Waals surface area contributed by atoms with Crippen LogP contribution in [0.4, 0.5) is 0 Å². The SMILES string of the molecule is CCC(N)(CC)CNC(=O)CN(C)C(C)=O. The van der Waals surface area contributed by atoms with Gasteiger partial charge in [0.2, 0.25) is 11.8 Å². The molecule has 0 unspecified atom stereocenters. The van der Waals surface area contributed by atoms with Crippen molar-refractivity contribution >= 4 is 11.8 Å². The lowest BCUT2D eigenvalue weighted by Gasteiger charge is -2.27. The summed E-state index contributed by atoms with van der Waals surface area (Å²) in [7, 11) is 1.59. The molecule has 0 aliphatic carbocycles. The summed E-state index contributed by atoms with van der Waals surface area (Å²) in [5, 5.41) is 2.75. The summed E-state index contributed by atoms with van der Waals surface area (Å²) >= 11 is 0. The lowest BCUT2D eigenvalue weighted by molar-refractivity contribution is -0.133. The number of hydrogen-bond donors (Lipinski definition) is 2. The van der Waals surface area contributed by atoms with Crippen LogP contribution in [0.5, 0.6) is 0 Å². The lowest BCUT2D eigenvalue weighted by atomic mass is 9.94. The summed E-state index contributed by atoms with van der Waals surface area (Å²) < 4.78 is 0. The van der Waals surface area contributed by atoms with Crippen LogP contribution in [0.1, 0.15) is 33.6 Å². The molecule has 0 bridgehead atoms. The van der Waals surface area contributed by atoms with E-state index < -0.39 is 0 Å². The molecule has 0 fully saturated rings. The fourth-order valence-corrected chi connectivity index (χ4v) is 1.16. The fraction of sp³-hybridized carbons (Fsp3) is 0.818. The fourth-order valence-electron chi connectivity index (χ4n) is 1.16. The third-order valence-electron chi connectivity index (χ3n) is 2.96. The summed E-state index contributed by atoms with van der Waals surface area (Å²) in [6.07, 6.45) is 1.62. The first-order valence-electron chi connectivity index (χ1n) is 5.62. The molecule has 0 aromatic heterocycles. The molecule has 0 aliphatic heterocycles. The normalized spacial score (nSPS) is 11.1. The molecule has 94 valence electrons. The zero-order chi connectivity index (χ0) is 12.8. The quantitative estimate of drug-likeness (QED) is 0.678. The first-order valence-corrected chi connectivity index (χ1v) is 5.62. The Morgan fingerprint density at radius 2 is 1.81 bits per heavy atom. The molecule has 0 spiro atoms. The van der Waals surface area contributed by atoms with Crippen LogP contribution >= 0.6 is 0 Å². The van der Waals surface area contributed by atoms with Gasteiger partial charge >= 0.3 is 0 Å². The van der Waals surface area contributed by atoms with Gasteiger partial charge in [0.25, 0.3) is 0 Å². The van der Waals surface area contributed by atoms with E-state index in [0.29, 0.717) is 6.54 Å². The van der Waals surface area contributed by atoms with E-state index in [9.17, 15) is 9.59 Å². The van der Waals surface area contributed by atoms with Crippen LogP contribution < -0.4 is 11.1 Å². The smallest absolute Gasteiger partial charge is 0.239 e. The van der Waals surface area contributed by atoms with Crippen LogP contribution in [0.2, 0.25) is 0 Å². The van der Waals surface area contributed by atoms with E-state index in [1.54, 1.807) is 7.05 Å². The Morgan fingerprint density at radius 3 is 2.19 bits per heavy atom. The molecule has 0 aliphatic rings. The van der Waals surface area contributed by atoms with Crippen molar-refractivity contribution < 1.29 is 9.59 Å². The van der Waals surface area contributed by atoms with Crippen LogP contribution in [-0.4, -0.2) is 42.4 Å². The Kier molecular flexibility index (Phi) is 6.03. The second-order valence-corrected chi connectivity index (χ2v) is 4.22. The molecule has 0 aromatic rings. The Labute approximate surface area is 97.4 Å². The Bertz CT molecular complexity index is 250. The van der Waals surface area contributed by atoms with Gasteiger partial charge in [0, 0.05) is 26.1 Å². The van der Waals surface area contributed by atoms with Gasteiger partial charge in [-0.15, -0.1) is 0 Å². The molecule has 0 heterocycles. The zero-order valence-electron chi connectivity index (χ0n) is 10.7. The Morgan fingerprint density at radius 1 is 1.31 bits per heavy atom. The summed E-state index contributed by atoms with van der Waals surface area (Å²) in [5.74, 6) is -0.297. The number of likely N-dealkylation sites (N-methyl/N-ethyl adjacent to an activating group) is 1. The van der Waals surface area contributed by atoms with Crippen molar-refractivity contribution in [1.29, 1.82) is 0 Å². The van der Waals surface area contributed by atoms with Gasteiger partial charge in [-0.2, -0.15) is 0 Å². The number of hydrogen-bond acceptors (Lipinski definition) is 3. The van der Waals surface area contributed by atoms with E-state index in [2.05, 4.69) is 5.32 Å². The number of nitrogens with two attached hydrogens (primary N) is 1. The van der Waals surface area contributed by atoms with Gasteiger partial charge in [-0.3, -0.25) is 9.59 Å². The largest absolute Gasteiger partial charge is 0.353 e. The van der Waals surface area contributed by atoms with Gasteiger partial charge in [-0.25, -0.2) is 0 Å². The number of nitrogens with one attached hydrogen (secondary N) is 1. The first kappa shape index (κ1) is 14.9. The number of nitrogens with zero attached hydrogens (tertiary/aromatic N) is 1. The number of amides is 2. The summed E-state index contributed by atoms with van der Waals surface area (Å²) in [6, 6.07) is 0. The average molecular weight is 229 g/mol. The molecule has 0 saturated carbocycles. The van der Waals surface area contributed by atoms with E-state index >= 15 is 0 Å². The second-order valence-electron chi connectivity index (χ2n) is 4.22. The molecule has 2 amide bonds. The van der Waals surface area contributed by atoms with E-state index in [1.807, 2.05) is 13.8 Å². The zero-order valence-corrected chi connectivity index (χ0v) is 10.7. The monoisotopic (exact) mass is 229 g/mol. The van der Waals surface area contributed by atoms with E-state index in [0.717, 1.165) is 12.8 Å². The van der Waals surface area contributed by atoms with Gasteiger partial charge in [0.15, 0.2) is 0 Å². The molecule has 0 radical (unpaired) electrons. The highest BCUT2D eigenvalue weighted by atomic mass is 16.2. The van der Waals surface area contributed by atoms with E-state index in [-0.39, 0.29) is 23.9 Å². The van der Waals surface area contributed by atoms with Crippen molar-refractivity contribution in [2.45, 2.75) is 39.2 Å². The van der Waals surface area contributed by atoms with E-state index in [4.69, 9.17) is 5.73 Å². The molecule has 16 heavy (non-hydrogen) atoms. The van der Waals surface area contributed by atoms with Crippen molar-refractivity contribution in [1.82, 2.24) is 10.2 Å². The van der Waals surface area contributed by atoms with Crippen LogP contribution in [-0.2, 0) is 9.59 Å². The minimum absolute atomic E-state index is 0.0822. The van der Waals surface area contributed by atoms with Gasteiger partial charge in [-0.05, 0) is 12.8 Å². The molecule has 0 saturated heterocycles. The van der Waals surface area contributed by atoms with Gasteiger partial charge in [0.1, 0.15) is 0 Å². The molecule has 3 N–H and O–H groups in total. The molecule has 0 atom stereocenters. The highest BCUT2D eigenvalue weighted by Gasteiger charge is 2.21. The van der Waals surface area contributed by atoms with Crippen LogP contribution in [0.3, 0.4) is 0 Å². The predicted molar refractivity (Wildman–Crippen MR) is 63.8 cm³/mol. The number of carbonyl (C=O) groups excluding carboxylic acids is 2. The molecule has 5 heteroatoms. The standard InChI is InChI=1S/C11H23N3O2/c1-5-11(12,6-2)8-13-10(16)7-14(4)9(3)15/h5-8,12H2,1-4H3,(H,13,16). The molecule has 0 aromatic carbocycles. The van der Waals surface area contributed by atoms with Crippen molar-refractivity contribution in [3.05, 3.63) is 0 Å². The van der Waals surface area contributed by atoms with Gasteiger partial charge < -0.3 is 16.0 Å².